The minimum absolute atomic E-state index is 0.0136. The topological polar surface area (TPSA) is 113 Å². The summed E-state index contributed by atoms with van der Waals surface area (Å²) < 4.78 is 0. The van der Waals surface area contributed by atoms with E-state index < -0.39 is 24.3 Å². The molecule has 9 nitrogen and oxygen atoms in total. The average Bonchev–Trinajstić information content (AvgIpc) is 3.50. The number of anilines is 2. The van der Waals surface area contributed by atoms with Crippen LogP contribution in [0.4, 0.5) is 10.8 Å². The third-order valence-corrected chi connectivity index (χ3v) is 7.14. The van der Waals surface area contributed by atoms with Gasteiger partial charge < -0.3 is 4.90 Å². The van der Waals surface area contributed by atoms with Crippen LogP contribution in [0.2, 0.25) is 0 Å². The molecular formula is C24H21N5O4S. The van der Waals surface area contributed by atoms with Crippen LogP contribution in [0, 0.1) is 13.8 Å². The first kappa shape index (κ1) is 21.9. The zero-order chi connectivity index (χ0) is 24.0. The molecule has 3 aromatic rings. The van der Waals surface area contributed by atoms with Gasteiger partial charge in [-0.15, -0.1) is 10.2 Å². The molecule has 0 radical (unpaired) electrons. The van der Waals surface area contributed by atoms with Gasteiger partial charge in [-0.1, -0.05) is 29.5 Å². The maximum Gasteiger partial charge on any atom is 0.262 e. The summed E-state index contributed by atoms with van der Waals surface area (Å²) in [5.74, 6) is -1.65. The van der Waals surface area contributed by atoms with Crippen molar-refractivity contribution in [3.8, 4) is 0 Å². The van der Waals surface area contributed by atoms with E-state index in [2.05, 4.69) is 15.5 Å². The molecule has 2 aliphatic heterocycles. The van der Waals surface area contributed by atoms with E-state index in [4.69, 9.17) is 0 Å². The number of hydrogen-bond acceptors (Lipinski definition) is 7. The molecule has 1 N–H and O–H groups in total. The number of fused-ring (bicyclic) bond motifs is 1. The highest BCUT2D eigenvalue weighted by atomic mass is 32.1. The minimum Gasteiger partial charge on any atom is -0.312 e. The number of nitrogens with one attached hydrogen (secondary N) is 1. The van der Waals surface area contributed by atoms with Gasteiger partial charge in [-0.25, -0.2) is 0 Å². The number of rotatable bonds is 5. The Morgan fingerprint density at radius 1 is 1.03 bits per heavy atom. The Hall–Kier alpha value is -3.92. The molecule has 5 rings (SSSR count). The van der Waals surface area contributed by atoms with E-state index in [1.54, 1.807) is 29.2 Å². The number of aromatic nitrogens is 2. The van der Waals surface area contributed by atoms with Crippen molar-refractivity contribution in [1.29, 1.82) is 0 Å². The van der Waals surface area contributed by atoms with Gasteiger partial charge >= 0.3 is 0 Å². The molecule has 2 aromatic carbocycles. The molecule has 1 aromatic heterocycles. The van der Waals surface area contributed by atoms with Crippen molar-refractivity contribution in [2.75, 3.05) is 23.3 Å². The quantitative estimate of drug-likeness (QED) is 0.568. The minimum atomic E-state index is -0.545. The van der Waals surface area contributed by atoms with Gasteiger partial charge in [0, 0.05) is 24.6 Å². The molecule has 172 valence electrons. The molecule has 0 bridgehead atoms. The maximum atomic E-state index is 12.6. The van der Waals surface area contributed by atoms with Crippen LogP contribution in [0.25, 0.3) is 0 Å². The summed E-state index contributed by atoms with van der Waals surface area (Å²) in [5.41, 5.74) is 3.72. The molecule has 10 heteroatoms. The second kappa shape index (κ2) is 8.45. The largest absolute Gasteiger partial charge is 0.312 e. The van der Waals surface area contributed by atoms with Crippen molar-refractivity contribution >= 4 is 45.8 Å². The average molecular weight is 476 g/mol. The number of imide groups is 1. The molecule has 0 spiro atoms. The summed E-state index contributed by atoms with van der Waals surface area (Å²) in [6.07, 6.45) is 0.310. The van der Waals surface area contributed by atoms with Gasteiger partial charge in [0.05, 0.1) is 11.1 Å². The lowest BCUT2D eigenvalue weighted by molar-refractivity contribution is -0.117. The van der Waals surface area contributed by atoms with Crippen LogP contribution in [-0.4, -0.2) is 51.8 Å². The summed E-state index contributed by atoms with van der Waals surface area (Å²) >= 11 is 1.19. The van der Waals surface area contributed by atoms with Gasteiger partial charge in [0.1, 0.15) is 11.6 Å². The van der Waals surface area contributed by atoms with Gasteiger partial charge in [0.25, 0.3) is 11.8 Å². The maximum absolute atomic E-state index is 12.6. The fourth-order valence-electron chi connectivity index (χ4n) is 4.15. The van der Waals surface area contributed by atoms with E-state index in [0.717, 1.165) is 21.7 Å². The Morgan fingerprint density at radius 2 is 1.74 bits per heavy atom. The van der Waals surface area contributed by atoms with Gasteiger partial charge in [-0.2, -0.15) is 0 Å². The highest BCUT2D eigenvalue weighted by Gasteiger charge is 2.37. The molecule has 1 saturated heterocycles. The van der Waals surface area contributed by atoms with Gasteiger partial charge in [-0.05, 0) is 49.2 Å². The molecule has 2 aliphatic rings. The molecule has 4 amide bonds. The molecule has 3 heterocycles. The standard InChI is InChI=1S/C24H21N5O4S/c1-13-7-8-16(9-14(13)2)28-11-15(10-20(28)31)21-26-27-24(34-21)25-19(30)12-29-22(32)17-5-3-4-6-18(17)23(29)33/h3-9,15H,10-12H2,1-2H3,(H,25,27,30)/t15-/m0/s1. The van der Waals surface area contributed by atoms with Crippen LogP contribution in [-0.2, 0) is 9.59 Å². The molecule has 0 saturated carbocycles. The Labute approximate surface area is 199 Å². The SMILES string of the molecule is Cc1ccc(N2C[C@@H](c3nnc(NC(=O)CN4C(=O)c5ccccc5C4=O)s3)CC2=O)cc1C. The van der Waals surface area contributed by atoms with Crippen LogP contribution < -0.4 is 10.2 Å². The first-order valence-electron chi connectivity index (χ1n) is 10.8. The summed E-state index contributed by atoms with van der Waals surface area (Å²) in [6.45, 7) is 4.11. The number of amides is 4. The summed E-state index contributed by atoms with van der Waals surface area (Å²) in [6, 6.07) is 12.4. The van der Waals surface area contributed by atoms with Crippen molar-refractivity contribution in [1.82, 2.24) is 15.1 Å². The van der Waals surface area contributed by atoms with E-state index >= 15 is 0 Å². The third kappa shape index (κ3) is 3.86. The normalized spacial score (nSPS) is 17.5. The van der Waals surface area contributed by atoms with Crippen molar-refractivity contribution in [3.05, 3.63) is 69.7 Å². The number of nitrogens with zero attached hydrogens (tertiary/aromatic N) is 4. The Bertz CT molecular complexity index is 1320. The summed E-state index contributed by atoms with van der Waals surface area (Å²) in [5, 5.41) is 11.7. The van der Waals surface area contributed by atoms with Gasteiger partial charge in [-0.3, -0.25) is 29.4 Å². The first-order chi connectivity index (χ1) is 16.3. The van der Waals surface area contributed by atoms with E-state index in [9.17, 15) is 19.2 Å². The van der Waals surface area contributed by atoms with Crippen molar-refractivity contribution in [2.24, 2.45) is 0 Å². The summed E-state index contributed by atoms with van der Waals surface area (Å²) in [4.78, 5) is 52.7. The first-order valence-corrected chi connectivity index (χ1v) is 11.6. The van der Waals surface area contributed by atoms with Crippen LogP contribution >= 0.6 is 11.3 Å². The lowest BCUT2D eigenvalue weighted by Crippen LogP contribution is -2.37. The Balaban J connectivity index is 1.23. The second-order valence-corrected chi connectivity index (χ2v) is 9.42. The lowest BCUT2D eigenvalue weighted by Gasteiger charge is -2.17. The molecule has 1 fully saturated rings. The fraction of sp³-hybridized carbons (Fsp3) is 0.250. The van der Waals surface area contributed by atoms with Crippen LogP contribution in [0.3, 0.4) is 0 Å². The molecule has 1 atom stereocenters. The number of carbonyl (C=O) groups excluding carboxylic acids is 4. The van der Waals surface area contributed by atoms with E-state index in [-0.39, 0.29) is 28.1 Å². The molecule has 34 heavy (non-hydrogen) atoms. The monoisotopic (exact) mass is 475 g/mol. The molecule has 0 unspecified atom stereocenters. The third-order valence-electron chi connectivity index (χ3n) is 6.14. The fourth-order valence-corrected chi connectivity index (χ4v) is 5.00. The Morgan fingerprint density at radius 3 is 2.41 bits per heavy atom. The number of hydrogen-bond donors (Lipinski definition) is 1. The number of benzene rings is 2. The zero-order valence-corrected chi connectivity index (χ0v) is 19.4. The van der Waals surface area contributed by atoms with E-state index in [0.29, 0.717) is 18.0 Å². The van der Waals surface area contributed by atoms with Crippen molar-refractivity contribution < 1.29 is 19.2 Å². The van der Waals surface area contributed by atoms with E-state index in [1.807, 2.05) is 32.0 Å². The van der Waals surface area contributed by atoms with Crippen LogP contribution in [0.15, 0.2) is 42.5 Å². The van der Waals surface area contributed by atoms with Crippen molar-refractivity contribution in [3.63, 3.8) is 0 Å². The van der Waals surface area contributed by atoms with Gasteiger partial charge in [0.15, 0.2) is 0 Å². The van der Waals surface area contributed by atoms with E-state index in [1.165, 1.54) is 11.3 Å². The van der Waals surface area contributed by atoms with Crippen molar-refractivity contribution in [2.45, 2.75) is 26.2 Å². The molecule has 0 aliphatic carbocycles. The number of aryl methyl sites for hydroxylation is 2. The smallest absolute Gasteiger partial charge is 0.262 e. The highest BCUT2D eigenvalue weighted by molar-refractivity contribution is 7.15. The van der Waals surface area contributed by atoms with Crippen LogP contribution in [0.5, 0.6) is 0 Å². The van der Waals surface area contributed by atoms with Gasteiger partial charge in [0.2, 0.25) is 16.9 Å². The second-order valence-electron chi connectivity index (χ2n) is 8.41. The summed E-state index contributed by atoms with van der Waals surface area (Å²) in [7, 11) is 0. The predicted octanol–water partition coefficient (Wildman–Crippen LogP) is 2.91. The molecular weight excluding hydrogens is 454 g/mol. The lowest BCUT2D eigenvalue weighted by atomic mass is 10.1. The highest BCUT2D eigenvalue weighted by Crippen LogP contribution is 2.35. The van der Waals surface area contributed by atoms with Crippen LogP contribution in [0.1, 0.15) is 49.2 Å². The number of carbonyl (C=O) groups is 4. The predicted molar refractivity (Wildman–Crippen MR) is 126 cm³/mol. The Kier molecular flexibility index (Phi) is 5.45. The zero-order valence-electron chi connectivity index (χ0n) is 18.6.